The molecule has 0 bridgehead atoms. The third-order valence-corrected chi connectivity index (χ3v) is 6.92. The number of piperidine rings is 2. The Morgan fingerprint density at radius 1 is 0.933 bits per heavy atom. The Balaban J connectivity index is 1.45. The van der Waals surface area contributed by atoms with E-state index in [1.165, 1.54) is 6.08 Å². The highest BCUT2D eigenvalue weighted by atomic mass is 16.2. The highest BCUT2D eigenvalue weighted by Crippen LogP contribution is 2.38. The first kappa shape index (κ1) is 20.6. The van der Waals surface area contributed by atoms with Gasteiger partial charge in [0.05, 0.1) is 5.41 Å². The van der Waals surface area contributed by atoms with E-state index in [1.54, 1.807) is 4.90 Å². The average molecular weight is 410 g/mol. The summed E-state index contributed by atoms with van der Waals surface area (Å²) in [5.41, 5.74) is 0.438. The van der Waals surface area contributed by atoms with E-state index < -0.39 is 5.41 Å². The zero-order valence-corrected chi connectivity index (χ0v) is 17.5. The zero-order valence-electron chi connectivity index (χ0n) is 17.5. The Bertz CT molecular complexity index is 802. The smallest absolute Gasteiger partial charge is 0.245 e. The van der Waals surface area contributed by atoms with E-state index in [1.807, 2.05) is 35.2 Å². The van der Waals surface area contributed by atoms with Crippen molar-refractivity contribution in [3.8, 4) is 0 Å². The fraction of sp³-hybridized carbons (Fsp3) is 0.542. The third-order valence-electron chi connectivity index (χ3n) is 6.92. The van der Waals surface area contributed by atoms with Crippen LogP contribution in [0.1, 0.15) is 44.1 Å². The first-order valence-corrected chi connectivity index (χ1v) is 11.1. The molecule has 0 aromatic heterocycles. The molecule has 1 aromatic rings. The van der Waals surface area contributed by atoms with Crippen molar-refractivity contribution in [2.45, 2.75) is 50.0 Å². The lowest BCUT2D eigenvalue weighted by molar-refractivity contribution is -0.143. The van der Waals surface area contributed by atoms with Crippen LogP contribution in [-0.4, -0.2) is 59.7 Å². The summed E-state index contributed by atoms with van der Waals surface area (Å²) in [5, 5.41) is 3.16. The summed E-state index contributed by atoms with van der Waals surface area (Å²) in [6.07, 6.45) is 6.20. The molecule has 2 saturated heterocycles. The zero-order chi connectivity index (χ0) is 21.1. The molecule has 30 heavy (non-hydrogen) atoms. The van der Waals surface area contributed by atoms with Gasteiger partial charge in [0, 0.05) is 38.1 Å². The molecule has 160 valence electrons. The van der Waals surface area contributed by atoms with E-state index in [0.29, 0.717) is 39.0 Å². The van der Waals surface area contributed by atoms with Crippen LogP contribution in [0.25, 0.3) is 0 Å². The standard InChI is InChI=1S/C24H31N3O3/c1-2-21(28)26-16-12-24(13-17-26,19-6-4-3-5-7-19)23(30)27-14-10-20(11-15-27)25-22(29)18-8-9-18/h2-7,18,20H,1,8-17H2,(H,25,29). The van der Waals surface area contributed by atoms with Gasteiger partial charge in [-0.25, -0.2) is 0 Å². The van der Waals surface area contributed by atoms with Crippen molar-refractivity contribution in [1.82, 2.24) is 15.1 Å². The fourth-order valence-electron chi connectivity index (χ4n) is 4.82. The van der Waals surface area contributed by atoms with Crippen LogP contribution >= 0.6 is 0 Å². The molecule has 0 unspecified atom stereocenters. The van der Waals surface area contributed by atoms with Gasteiger partial charge in [-0.1, -0.05) is 36.9 Å². The van der Waals surface area contributed by atoms with E-state index in [9.17, 15) is 14.4 Å². The molecular formula is C24H31N3O3. The van der Waals surface area contributed by atoms with Gasteiger partial charge in [0.1, 0.15) is 0 Å². The summed E-state index contributed by atoms with van der Waals surface area (Å²) in [6.45, 7) is 6.02. The van der Waals surface area contributed by atoms with E-state index in [2.05, 4.69) is 11.9 Å². The van der Waals surface area contributed by atoms with Gasteiger partial charge in [0.15, 0.2) is 0 Å². The maximum Gasteiger partial charge on any atom is 0.245 e. The van der Waals surface area contributed by atoms with Crippen molar-refractivity contribution in [1.29, 1.82) is 0 Å². The molecule has 1 N–H and O–H groups in total. The lowest BCUT2D eigenvalue weighted by Gasteiger charge is -2.45. The van der Waals surface area contributed by atoms with Crippen LogP contribution in [-0.2, 0) is 19.8 Å². The summed E-state index contributed by atoms with van der Waals surface area (Å²) < 4.78 is 0. The molecule has 2 aliphatic heterocycles. The Hall–Kier alpha value is -2.63. The van der Waals surface area contributed by atoms with Crippen molar-refractivity contribution in [2.24, 2.45) is 5.92 Å². The number of carbonyl (C=O) groups is 3. The molecule has 3 amide bonds. The Labute approximate surface area is 178 Å². The summed E-state index contributed by atoms with van der Waals surface area (Å²) in [5.74, 6) is 0.483. The molecule has 0 spiro atoms. The van der Waals surface area contributed by atoms with Gasteiger partial charge >= 0.3 is 0 Å². The summed E-state index contributed by atoms with van der Waals surface area (Å²) in [4.78, 5) is 41.6. The second-order valence-corrected chi connectivity index (χ2v) is 8.83. The first-order valence-electron chi connectivity index (χ1n) is 11.1. The second-order valence-electron chi connectivity index (χ2n) is 8.83. The SMILES string of the molecule is C=CC(=O)N1CCC(C(=O)N2CCC(NC(=O)C3CC3)CC2)(c2ccccc2)CC1. The predicted octanol–water partition coefficient (Wildman–Crippen LogP) is 2.25. The molecule has 6 heteroatoms. The lowest BCUT2D eigenvalue weighted by Crippen LogP contribution is -2.56. The minimum atomic E-state index is -0.594. The number of hydrogen-bond acceptors (Lipinski definition) is 3. The molecule has 6 nitrogen and oxygen atoms in total. The monoisotopic (exact) mass is 409 g/mol. The van der Waals surface area contributed by atoms with E-state index in [4.69, 9.17) is 0 Å². The lowest BCUT2D eigenvalue weighted by atomic mass is 9.71. The van der Waals surface area contributed by atoms with Crippen LogP contribution in [0.3, 0.4) is 0 Å². The van der Waals surface area contributed by atoms with E-state index >= 15 is 0 Å². The van der Waals surface area contributed by atoms with Crippen molar-refractivity contribution in [3.63, 3.8) is 0 Å². The molecule has 3 fully saturated rings. The third kappa shape index (κ3) is 4.13. The molecule has 0 atom stereocenters. The predicted molar refractivity (Wildman–Crippen MR) is 115 cm³/mol. The van der Waals surface area contributed by atoms with Gasteiger partial charge in [0.25, 0.3) is 0 Å². The molecule has 4 rings (SSSR count). The number of likely N-dealkylation sites (tertiary alicyclic amines) is 2. The quantitative estimate of drug-likeness (QED) is 0.759. The number of nitrogens with one attached hydrogen (secondary N) is 1. The molecule has 1 aliphatic carbocycles. The van der Waals surface area contributed by atoms with Gasteiger partial charge in [-0.15, -0.1) is 0 Å². The highest BCUT2D eigenvalue weighted by molar-refractivity contribution is 5.90. The average Bonchev–Trinajstić information content (AvgIpc) is 3.65. The van der Waals surface area contributed by atoms with Crippen LogP contribution in [0.15, 0.2) is 43.0 Å². The van der Waals surface area contributed by atoms with Crippen molar-refractivity contribution < 1.29 is 14.4 Å². The number of rotatable bonds is 5. The number of carbonyl (C=O) groups excluding carboxylic acids is 3. The maximum absolute atomic E-state index is 13.8. The molecular weight excluding hydrogens is 378 g/mol. The fourth-order valence-corrected chi connectivity index (χ4v) is 4.82. The highest BCUT2D eigenvalue weighted by Gasteiger charge is 2.46. The van der Waals surface area contributed by atoms with Crippen molar-refractivity contribution in [3.05, 3.63) is 48.6 Å². The molecule has 1 aromatic carbocycles. The first-order chi connectivity index (χ1) is 14.5. The number of nitrogens with zero attached hydrogens (tertiary/aromatic N) is 2. The topological polar surface area (TPSA) is 69.7 Å². The Morgan fingerprint density at radius 3 is 2.13 bits per heavy atom. The summed E-state index contributed by atoms with van der Waals surface area (Å²) in [7, 11) is 0. The molecule has 0 radical (unpaired) electrons. The van der Waals surface area contributed by atoms with Gasteiger partial charge < -0.3 is 15.1 Å². The van der Waals surface area contributed by atoms with E-state index in [0.717, 1.165) is 31.2 Å². The minimum Gasteiger partial charge on any atom is -0.353 e. The van der Waals surface area contributed by atoms with E-state index in [-0.39, 0.29) is 29.7 Å². The maximum atomic E-state index is 13.8. The summed E-state index contributed by atoms with van der Waals surface area (Å²) >= 11 is 0. The Kier molecular flexibility index (Phi) is 5.93. The van der Waals surface area contributed by atoms with Gasteiger partial charge in [-0.05, 0) is 50.2 Å². The minimum absolute atomic E-state index is 0.0728. The molecule has 2 heterocycles. The largest absolute Gasteiger partial charge is 0.353 e. The van der Waals surface area contributed by atoms with Crippen molar-refractivity contribution in [2.75, 3.05) is 26.2 Å². The molecule has 3 aliphatic rings. The van der Waals surface area contributed by atoms with Crippen LogP contribution in [0.4, 0.5) is 0 Å². The second kappa shape index (κ2) is 8.62. The Morgan fingerprint density at radius 2 is 1.57 bits per heavy atom. The van der Waals surface area contributed by atoms with Gasteiger partial charge in [-0.2, -0.15) is 0 Å². The normalized spacial score (nSPS) is 21.7. The van der Waals surface area contributed by atoms with Gasteiger partial charge in [0.2, 0.25) is 17.7 Å². The van der Waals surface area contributed by atoms with Crippen LogP contribution in [0.5, 0.6) is 0 Å². The van der Waals surface area contributed by atoms with Crippen molar-refractivity contribution >= 4 is 17.7 Å². The van der Waals surface area contributed by atoms with Crippen LogP contribution in [0, 0.1) is 5.92 Å². The number of hydrogen-bond donors (Lipinski definition) is 1. The molecule has 1 saturated carbocycles. The van der Waals surface area contributed by atoms with Crippen LogP contribution < -0.4 is 5.32 Å². The number of amides is 3. The summed E-state index contributed by atoms with van der Waals surface area (Å²) in [6, 6.07) is 10.2. The van der Waals surface area contributed by atoms with Gasteiger partial charge in [-0.3, -0.25) is 14.4 Å². The van der Waals surface area contributed by atoms with Crippen LogP contribution in [0.2, 0.25) is 0 Å². The number of benzene rings is 1.